The summed E-state index contributed by atoms with van der Waals surface area (Å²) >= 11 is 0. The van der Waals surface area contributed by atoms with E-state index in [4.69, 9.17) is 10.5 Å². The molecule has 3 aromatic rings. The Morgan fingerprint density at radius 3 is 1.94 bits per heavy atom. The number of carboxylic acid groups (broad SMARTS) is 1. The quantitative estimate of drug-likeness (QED) is 0.336. The molecule has 0 aliphatic rings. The number of sulfone groups is 2. The molecule has 0 spiro atoms. The van der Waals surface area contributed by atoms with Crippen molar-refractivity contribution in [3.8, 4) is 16.9 Å². The van der Waals surface area contributed by atoms with E-state index in [9.17, 15) is 31.8 Å². The van der Waals surface area contributed by atoms with E-state index in [1.54, 1.807) is 54.6 Å². The van der Waals surface area contributed by atoms with Crippen LogP contribution in [-0.2, 0) is 30.2 Å². The lowest BCUT2D eigenvalue weighted by Gasteiger charge is -2.27. The Labute approximate surface area is 210 Å². The lowest BCUT2D eigenvalue weighted by molar-refractivity contribution is -0.140. The average Bonchev–Trinajstić information content (AvgIpc) is 2.83. The number of benzene rings is 3. The van der Waals surface area contributed by atoms with Gasteiger partial charge in [-0.15, -0.1) is 0 Å². The van der Waals surface area contributed by atoms with E-state index in [1.165, 1.54) is 31.4 Å². The number of hydrogen-bond acceptors (Lipinski definition) is 8. The molecule has 3 rings (SSSR count). The topological polar surface area (TPSA) is 161 Å². The second-order valence-corrected chi connectivity index (χ2v) is 12.7. The van der Waals surface area contributed by atoms with Crippen LogP contribution in [0.2, 0.25) is 0 Å². The number of methoxy groups -OCH3 is 1. The Balaban J connectivity index is 1.81. The predicted molar refractivity (Wildman–Crippen MR) is 135 cm³/mol. The fourth-order valence-electron chi connectivity index (χ4n) is 3.72. The largest absolute Gasteiger partial charge is 0.497 e. The Morgan fingerprint density at radius 2 is 1.44 bits per heavy atom. The molecule has 0 fully saturated rings. The van der Waals surface area contributed by atoms with Crippen molar-refractivity contribution in [2.75, 3.05) is 12.9 Å². The Kier molecular flexibility index (Phi) is 8.19. The van der Waals surface area contributed by atoms with Gasteiger partial charge < -0.3 is 20.7 Å². The van der Waals surface area contributed by atoms with E-state index in [2.05, 4.69) is 0 Å². The van der Waals surface area contributed by atoms with Gasteiger partial charge in [0.05, 0.1) is 29.6 Å². The summed E-state index contributed by atoms with van der Waals surface area (Å²) in [6, 6.07) is 20.7. The minimum Gasteiger partial charge on any atom is -0.497 e. The van der Waals surface area contributed by atoms with Gasteiger partial charge in [0.25, 0.3) is 0 Å². The van der Waals surface area contributed by atoms with Crippen LogP contribution in [0.4, 0.5) is 0 Å². The van der Waals surface area contributed by atoms with Gasteiger partial charge in [-0.2, -0.15) is 0 Å². The van der Waals surface area contributed by atoms with Crippen LogP contribution >= 0.6 is 0 Å². The van der Waals surface area contributed by atoms with E-state index >= 15 is 0 Å². The lowest BCUT2D eigenvalue weighted by Crippen LogP contribution is -2.57. The number of nitrogens with two attached hydrogens (primary N) is 1. The van der Waals surface area contributed by atoms with Crippen molar-refractivity contribution in [2.45, 2.75) is 28.0 Å². The van der Waals surface area contributed by atoms with Gasteiger partial charge >= 0.3 is 5.97 Å². The highest BCUT2D eigenvalue weighted by molar-refractivity contribution is 7.93. The number of aliphatic carboxylic acids is 1. The first-order chi connectivity index (χ1) is 16.9. The third kappa shape index (κ3) is 6.11. The third-order valence-electron chi connectivity index (χ3n) is 5.64. The zero-order chi connectivity index (χ0) is 26.6. The van der Waals surface area contributed by atoms with E-state index in [1.807, 2.05) is 0 Å². The lowest BCUT2D eigenvalue weighted by atomic mass is 10.1. The van der Waals surface area contributed by atoms with Crippen molar-refractivity contribution < 1.29 is 36.6 Å². The number of rotatable bonds is 11. The minimum absolute atomic E-state index is 0.371. The fraction of sp³-hybridized carbons (Fsp3) is 0.240. The maximum absolute atomic E-state index is 13.2. The number of carboxylic acids is 1. The molecular formula is C25H27NO8S2. The standard InChI is InChI=1S/C25H27NO8S2/c1-34-22-11-7-19(8-12-22)20-9-13-23(14-10-20)36(32,33)25(26,24(28)29)15-21(27)17-35(30,31)16-18-5-3-2-4-6-18/h2-14,21,27H,15-17,26H2,1H3,(H,28,29). The number of hydrogen-bond donors (Lipinski definition) is 3. The van der Waals surface area contributed by atoms with E-state index in [0.717, 1.165) is 5.56 Å². The molecule has 9 nitrogen and oxygen atoms in total. The van der Waals surface area contributed by atoms with Crippen LogP contribution in [-0.4, -0.2) is 56.9 Å². The number of aliphatic hydroxyl groups is 1. The minimum atomic E-state index is -4.72. The highest BCUT2D eigenvalue weighted by Crippen LogP contribution is 2.30. The molecule has 0 saturated carbocycles. The van der Waals surface area contributed by atoms with Crippen LogP contribution in [0.25, 0.3) is 11.1 Å². The van der Waals surface area contributed by atoms with Crippen molar-refractivity contribution in [1.29, 1.82) is 0 Å². The zero-order valence-corrected chi connectivity index (χ0v) is 21.1. The van der Waals surface area contributed by atoms with Crippen LogP contribution < -0.4 is 10.5 Å². The predicted octanol–water partition coefficient (Wildman–Crippen LogP) is 2.24. The van der Waals surface area contributed by atoms with Gasteiger partial charge in [0.15, 0.2) is 9.84 Å². The third-order valence-corrected chi connectivity index (χ3v) is 9.50. The molecule has 3 aromatic carbocycles. The van der Waals surface area contributed by atoms with Crippen molar-refractivity contribution in [2.24, 2.45) is 5.73 Å². The van der Waals surface area contributed by atoms with E-state index in [0.29, 0.717) is 16.9 Å². The first-order valence-electron chi connectivity index (χ1n) is 10.8. The number of aliphatic hydroxyl groups excluding tert-OH is 1. The van der Waals surface area contributed by atoms with Crippen LogP contribution in [0.5, 0.6) is 5.75 Å². The molecule has 0 aliphatic heterocycles. The van der Waals surface area contributed by atoms with Gasteiger partial charge in [0.1, 0.15) is 5.75 Å². The fourth-order valence-corrected chi connectivity index (χ4v) is 6.80. The van der Waals surface area contributed by atoms with Crippen molar-refractivity contribution in [3.63, 3.8) is 0 Å². The van der Waals surface area contributed by atoms with E-state index in [-0.39, 0.29) is 4.90 Å². The molecular weight excluding hydrogens is 506 g/mol. The first kappa shape index (κ1) is 27.3. The second-order valence-electron chi connectivity index (χ2n) is 8.35. The molecule has 192 valence electrons. The monoisotopic (exact) mass is 533 g/mol. The van der Waals surface area contributed by atoms with Crippen molar-refractivity contribution in [1.82, 2.24) is 0 Å². The molecule has 2 unspecified atom stereocenters. The summed E-state index contributed by atoms with van der Waals surface area (Å²) in [5.74, 6) is -2.49. The van der Waals surface area contributed by atoms with E-state index < -0.39 is 54.5 Å². The summed E-state index contributed by atoms with van der Waals surface area (Å²) in [7, 11) is -7.07. The van der Waals surface area contributed by atoms with Gasteiger partial charge in [-0.1, -0.05) is 54.6 Å². The normalized spacial score (nSPS) is 14.5. The van der Waals surface area contributed by atoms with Crippen LogP contribution in [0.15, 0.2) is 83.8 Å². The molecule has 0 amide bonds. The maximum Gasteiger partial charge on any atom is 0.340 e. The van der Waals surface area contributed by atoms with Crippen LogP contribution in [0, 0.1) is 0 Å². The van der Waals surface area contributed by atoms with Crippen molar-refractivity contribution >= 4 is 25.6 Å². The summed E-state index contributed by atoms with van der Waals surface area (Å²) in [5, 5.41) is 20.1. The average molecular weight is 534 g/mol. The van der Waals surface area contributed by atoms with Gasteiger partial charge in [0.2, 0.25) is 14.7 Å². The molecule has 36 heavy (non-hydrogen) atoms. The first-order valence-corrected chi connectivity index (χ1v) is 14.1. The molecule has 11 heteroatoms. The van der Waals surface area contributed by atoms with Crippen molar-refractivity contribution in [3.05, 3.63) is 84.4 Å². The zero-order valence-electron chi connectivity index (χ0n) is 19.4. The second kappa shape index (κ2) is 10.8. The molecule has 4 N–H and O–H groups in total. The van der Waals surface area contributed by atoms with Gasteiger partial charge in [-0.25, -0.2) is 21.6 Å². The highest BCUT2D eigenvalue weighted by Gasteiger charge is 2.50. The molecule has 0 aromatic heterocycles. The molecule has 0 saturated heterocycles. The summed E-state index contributed by atoms with van der Waals surface area (Å²) in [6.45, 7) is 0. The summed E-state index contributed by atoms with van der Waals surface area (Å²) in [5.41, 5.74) is 7.77. The molecule has 0 aliphatic carbocycles. The SMILES string of the molecule is COc1ccc(-c2ccc(S(=O)(=O)C(N)(CC(O)CS(=O)(=O)Cc3ccccc3)C(=O)O)cc2)cc1. The van der Waals surface area contributed by atoms with Gasteiger partial charge in [-0.05, 0) is 41.0 Å². The molecule has 0 heterocycles. The molecule has 2 atom stereocenters. The molecule has 0 radical (unpaired) electrons. The Hall–Kier alpha value is -3.25. The highest BCUT2D eigenvalue weighted by atomic mass is 32.2. The summed E-state index contributed by atoms with van der Waals surface area (Å²) in [4.78, 5) is 8.69. The number of ether oxygens (including phenoxy) is 1. The Bertz CT molecular complexity index is 1410. The van der Waals surface area contributed by atoms with Crippen LogP contribution in [0.3, 0.4) is 0 Å². The molecule has 0 bridgehead atoms. The summed E-state index contributed by atoms with van der Waals surface area (Å²) < 4.78 is 56.6. The van der Waals surface area contributed by atoms with Gasteiger partial charge in [-0.3, -0.25) is 0 Å². The van der Waals surface area contributed by atoms with Gasteiger partial charge in [0, 0.05) is 6.42 Å². The Morgan fingerprint density at radius 1 is 0.917 bits per heavy atom. The smallest absolute Gasteiger partial charge is 0.340 e. The maximum atomic E-state index is 13.2. The summed E-state index contributed by atoms with van der Waals surface area (Å²) in [6.07, 6.45) is -2.84. The van der Waals surface area contributed by atoms with Crippen LogP contribution in [0.1, 0.15) is 12.0 Å². The number of carbonyl (C=O) groups is 1.